The van der Waals surface area contributed by atoms with Gasteiger partial charge in [0.2, 0.25) is 15.0 Å². The van der Waals surface area contributed by atoms with Crippen molar-refractivity contribution in [3.05, 3.63) is 59.9 Å². The summed E-state index contributed by atoms with van der Waals surface area (Å²) in [5.74, 6) is -1.24. The number of nitrogen functional groups attached to an aromatic ring is 1. The number of nitrogens with zero attached hydrogens (tertiary/aromatic N) is 5. The predicted octanol–water partition coefficient (Wildman–Crippen LogP) is 3.12. The van der Waals surface area contributed by atoms with E-state index in [2.05, 4.69) is 25.4 Å². The number of fused-ring (bicyclic) bond motifs is 1. The first-order chi connectivity index (χ1) is 14.6. The van der Waals surface area contributed by atoms with E-state index < -0.39 is 32.7 Å². The molecule has 0 radical (unpaired) electrons. The Morgan fingerprint density at radius 2 is 2.00 bits per heavy atom. The number of benzene rings is 1. The molecule has 0 aliphatic carbocycles. The highest BCUT2D eigenvalue weighted by Crippen LogP contribution is 2.31. The highest BCUT2D eigenvalue weighted by atomic mass is 32.2. The number of anilines is 2. The molecular formula is C19H21F2N7O2S. The molecule has 3 heterocycles. The van der Waals surface area contributed by atoms with Crippen LogP contribution in [0.3, 0.4) is 0 Å². The van der Waals surface area contributed by atoms with Gasteiger partial charge in [0.25, 0.3) is 0 Å². The minimum absolute atomic E-state index is 0. The fraction of sp³-hybridized carbons (Fsp3) is 0.158. The molecule has 0 saturated heterocycles. The SMILES string of the molecule is C[C@H](Nc1cc(-c2c(N)nn3cccnc23)nc(S(C)(=O)=O)n1)c1ccc(F)cc1F.[HH].[HH]. The Balaban J connectivity index is 0.00000193. The second kappa shape index (κ2) is 7.54. The normalized spacial score (nSPS) is 12.8. The maximum atomic E-state index is 14.2. The van der Waals surface area contributed by atoms with Crippen molar-refractivity contribution in [3.8, 4) is 11.3 Å². The molecule has 3 N–H and O–H groups in total. The van der Waals surface area contributed by atoms with Crippen molar-refractivity contribution in [3.63, 3.8) is 0 Å². The van der Waals surface area contributed by atoms with Crippen molar-refractivity contribution in [2.75, 3.05) is 17.3 Å². The fourth-order valence-corrected chi connectivity index (χ4v) is 3.62. The molecule has 0 saturated carbocycles. The zero-order chi connectivity index (χ0) is 22.3. The molecule has 0 bridgehead atoms. The molecule has 0 fully saturated rings. The third-order valence-electron chi connectivity index (χ3n) is 4.51. The fourth-order valence-electron chi connectivity index (χ4n) is 3.09. The van der Waals surface area contributed by atoms with Gasteiger partial charge in [-0.25, -0.2) is 36.7 Å². The molecule has 0 unspecified atom stereocenters. The lowest BCUT2D eigenvalue weighted by atomic mass is 10.1. The minimum atomic E-state index is -3.79. The van der Waals surface area contributed by atoms with Crippen molar-refractivity contribution < 1.29 is 20.1 Å². The number of sulfone groups is 1. The Labute approximate surface area is 178 Å². The van der Waals surface area contributed by atoms with Gasteiger partial charge in [-0.3, -0.25) is 0 Å². The second-order valence-corrected chi connectivity index (χ2v) is 8.78. The minimum Gasteiger partial charge on any atom is -0.382 e. The maximum absolute atomic E-state index is 14.2. The number of nitrogens with two attached hydrogens (primary N) is 1. The van der Waals surface area contributed by atoms with E-state index in [0.29, 0.717) is 11.2 Å². The first-order valence-corrected chi connectivity index (χ1v) is 10.9. The average Bonchev–Trinajstić information content (AvgIpc) is 3.02. The van der Waals surface area contributed by atoms with Crippen LogP contribution in [0.4, 0.5) is 20.4 Å². The first-order valence-electron chi connectivity index (χ1n) is 9.03. The van der Waals surface area contributed by atoms with Gasteiger partial charge in [0, 0.05) is 39.2 Å². The van der Waals surface area contributed by atoms with Crippen LogP contribution in [0.2, 0.25) is 0 Å². The van der Waals surface area contributed by atoms with E-state index in [1.165, 1.54) is 22.8 Å². The topological polar surface area (TPSA) is 128 Å². The zero-order valence-electron chi connectivity index (χ0n) is 16.4. The molecule has 4 rings (SSSR count). The Morgan fingerprint density at radius 3 is 2.71 bits per heavy atom. The van der Waals surface area contributed by atoms with E-state index in [-0.39, 0.29) is 25.7 Å². The summed E-state index contributed by atoms with van der Waals surface area (Å²) < 4.78 is 53.2. The lowest BCUT2D eigenvalue weighted by Crippen LogP contribution is -2.13. The monoisotopic (exact) mass is 449 g/mol. The molecule has 0 spiro atoms. The largest absolute Gasteiger partial charge is 0.382 e. The van der Waals surface area contributed by atoms with Crippen LogP contribution in [0, 0.1) is 11.6 Å². The highest BCUT2D eigenvalue weighted by molar-refractivity contribution is 7.90. The molecule has 9 nitrogen and oxygen atoms in total. The number of hydrogen-bond donors (Lipinski definition) is 2. The van der Waals surface area contributed by atoms with E-state index in [1.54, 1.807) is 19.2 Å². The average molecular weight is 449 g/mol. The number of aromatic nitrogens is 5. The van der Waals surface area contributed by atoms with Gasteiger partial charge in [0.1, 0.15) is 17.5 Å². The van der Waals surface area contributed by atoms with Gasteiger partial charge < -0.3 is 11.1 Å². The van der Waals surface area contributed by atoms with Crippen LogP contribution in [0.1, 0.15) is 21.4 Å². The van der Waals surface area contributed by atoms with Crippen LogP contribution in [0.25, 0.3) is 16.9 Å². The molecule has 12 heteroatoms. The number of halogens is 2. The molecule has 0 aliphatic rings. The van der Waals surface area contributed by atoms with Crippen molar-refractivity contribution in [2.24, 2.45) is 0 Å². The van der Waals surface area contributed by atoms with Gasteiger partial charge in [-0.15, -0.1) is 5.10 Å². The van der Waals surface area contributed by atoms with Gasteiger partial charge >= 0.3 is 0 Å². The van der Waals surface area contributed by atoms with Crippen LogP contribution in [0.15, 0.2) is 47.9 Å². The molecule has 1 atom stereocenters. The number of nitrogens with one attached hydrogen (secondary N) is 1. The second-order valence-electron chi connectivity index (χ2n) is 6.87. The van der Waals surface area contributed by atoms with Gasteiger partial charge in [-0.05, 0) is 19.1 Å². The van der Waals surface area contributed by atoms with E-state index in [1.807, 2.05) is 0 Å². The van der Waals surface area contributed by atoms with Gasteiger partial charge in [0.15, 0.2) is 11.5 Å². The molecule has 31 heavy (non-hydrogen) atoms. The first kappa shape index (κ1) is 20.6. The van der Waals surface area contributed by atoms with E-state index in [4.69, 9.17) is 5.73 Å². The smallest absolute Gasteiger partial charge is 0.249 e. The van der Waals surface area contributed by atoms with Crippen LogP contribution < -0.4 is 11.1 Å². The van der Waals surface area contributed by atoms with E-state index in [0.717, 1.165) is 18.4 Å². The quantitative estimate of drug-likeness (QED) is 0.445. The van der Waals surface area contributed by atoms with Crippen LogP contribution in [0.5, 0.6) is 0 Å². The summed E-state index contributed by atoms with van der Waals surface area (Å²) in [6.45, 7) is 1.63. The van der Waals surface area contributed by atoms with Gasteiger partial charge in [-0.2, -0.15) is 0 Å². The molecule has 4 aromatic rings. The van der Waals surface area contributed by atoms with Crippen LogP contribution >= 0.6 is 0 Å². The molecule has 0 aliphatic heterocycles. The van der Waals surface area contributed by atoms with E-state index in [9.17, 15) is 17.2 Å². The zero-order valence-corrected chi connectivity index (χ0v) is 17.2. The Bertz CT molecular complexity index is 1420. The molecule has 3 aromatic heterocycles. The maximum Gasteiger partial charge on any atom is 0.249 e. The summed E-state index contributed by atoms with van der Waals surface area (Å²) in [5.41, 5.74) is 7.10. The van der Waals surface area contributed by atoms with Crippen molar-refractivity contribution in [2.45, 2.75) is 18.1 Å². The third kappa shape index (κ3) is 4.01. The highest BCUT2D eigenvalue weighted by Gasteiger charge is 2.21. The Kier molecular flexibility index (Phi) is 5.01. The predicted molar refractivity (Wildman–Crippen MR) is 114 cm³/mol. The summed E-state index contributed by atoms with van der Waals surface area (Å²) in [5, 5.41) is 6.64. The molecule has 1 aromatic carbocycles. The number of rotatable bonds is 5. The standard InChI is InChI=1S/C19H17F2N7O2S.2H2/c1-10(12-5-4-11(20)8-13(12)21)24-15-9-14(25-19(26-15)31(2,29)30)16-17(22)27-28-7-3-6-23-18(16)28;;/h3-10H,1-2H3,(H2,22,27)(H,24,25,26);2*1H/t10-;;/m0../s1. The molecular weight excluding hydrogens is 428 g/mol. The summed E-state index contributed by atoms with van der Waals surface area (Å²) in [6, 6.07) is 5.68. The van der Waals surface area contributed by atoms with Crippen molar-refractivity contribution in [1.82, 2.24) is 24.6 Å². The van der Waals surface area contributed by atoms with Crippen LogP contribution in [-0.4, -0.2) is 39.2 Å². The summed E-state index contributed by atoms with van der Waals surface area (Å²) in [4.78, 5) is 12.4. The lowest BCUT2D eigenvalue weighted by Gasteiger charge is -2.17. The number of hydrogen-bond acceptors (Lipinski definition) is 8. The van der Waals surface area contributed by atoms with Crippen LogP contribution in [-0.2, 0) is 9.84 Å². The lowest BCUT2D eigenvalue weighted by molar-refractivity contribution is 0.565. The summed E-state index contributed by atoms with van der Waals surface area (Å²) in [6.07, 6.45) is 4.15. The summed E-state index contributed by atoms with van der Waals surface area (Å²) in [7, 11) is -3.79. The summed E-state index contributed by atoms with van der Waals surface area (Å²) >= 11 is 0. The van der Waals surface area contributed by atoms with Crippen molar-refractivity contribution in [1.29, 1.82) is 0 Å². The van der Waals surface area contributed by atoms with Crippen molar-refractivity contribution >= 4 is 27.1 Å². The van der Waals surface area contributed by atoms with Gasteiger partial charge in [-0.1, -0.05) is 6.07 Å². The molecule has 164 valence electrons. The van der Waals surface area contributed by atoms with Gasteiger partial charge in [0.05, 0.1) is 17.3 Å². The Hall–Kier alpha value is -3.67. The van der Waals surface area contributed by atoms with E-state index >= 15 is 0 Å². The third-order valence-corrected chi connectivity index (χ3v) is 5.36. The Morgan fingerprint density at radius 1 is 1.23 bits per heavy atom. The molecule has 0 amide bonds.